The molecule has 1 fully saturated rings. The molecule has 0 amide bonds. The van der Waals surface area contributed by atoms with E-state index in [2.05, 4.69) is 20.3 Å². The van der Waals surface area contributed by atoms with Crippen molar-refractivity contribution in [2.24, 2.45) is 11.8 Å². The van der Waals surface area contributed by atoms with E-state index in [4.69, 9.17) is 0 Å². The molecule has 0 spiro atoms. The molecule has 214 valence electrons. The second-order valence-electron chi connectivity index (χ2n) is 9.76. The SMILES string of the molecule is C.C.Cc1cc(Nc2nccc(C(F)(F)F)n2)cc(-c2cnc(C(C)(O)C3CCCCCC(C(=O)O)C3)s2)c1. The molecule has 0 radical (unpaired) electrons. The lowest BCUT2D eigenvalue weighted by Gasteiger charge is -2.34. The van der Waals surface area contributed by atoms with Crippen LogP contribution < -0.4 is 5.32 Å². The lowest BCUT2D eigenvalue weighted by molar-refractivity contribution is -0.144. The summed E-state index contributed by atoms with van der Waals surface area (Å²) in [6.45, 7) is 3.56. The fraction of sp³-hybridized carbons (Fsp3) is 0.500. The van der Waals surface area contributed by atoms with Crippen LogP contribution >= 0.6 is 11.3 Å². The molecule has 2 heterocycles. The summed E-state index contributed by atoms with van der Waals surface area (Å²) in [5.41, 5.74) is -0.176. The summed E-state index contributed by atoms with van der Waals surface area (Å²) in [6, 6.07) is 6.26. The van der Waals surface area contributed by atoms with Gasteiger partial charge in [-0.2, -0.15) is 13.2 Å². The number of halogens is 3. The molecule has 0 saturated heterocycles. The van der Waals surface area contributed by atoms with Crippen LogP contribution in [0.3, 0.4) is 0 Å². The van der Waals surface area contributed by atoms with Gasteiger partial charge in [0.25, 0.3) is 0 Å². The average Bonchev–Trinajstić information content (AvgIpc) is 3.29. The first-order chi connectivity index (χ1) is 17.4. The van der Waals surface area contributed by atoms with Crippen molar-refractivity contribution in [2.75, 3.05) is 5.32 Å². The molecule has 3 aromatic rings. The largest absolute Gasteiger partial charge is 0.481 e. The molecule has 3 unspecified atom stereocenters. The van der Waals surface area contributed by atoms with Crippen molar-refractivity contribution in [3.8, 4) is 10.4 Å². The molecule has 1 aromatic carbocycles. The minimum absolute atomic E-state index is 0. The summed E-state index contributed by atoms with van der Waals surface area (Å²) in [5, 5.41) is 24.5. The van der Waals surface area contributed by atoms with Crippen molar-refractivity contribution >= 4 is 28.9 Å². The summed E-state index contributed by atoms with van der Waals surface area (Å²) in [4.78, 5) is 24.4. The highest BCUT2D eigenvalue weighted by atomic mass is 32.1. The van der Waals surface area contributed by atoms with E-state index in [0.717, 1.165) is 54.0 Å². The number of aromatic nitrogens is 3. The van der Waals surface area contributed by atoms with Crippen molar-refractivity contribution in [3.63, 3.8) is 0 Å². The Labute approximate surface area is 231 Å². The highest BCUT2D eigenvalue weighted by molar-refractivity contribution is 7.15. The van der Waals surface area contributed by atoms with Crippen LogP contribution in [0.1, 0.15) is 76.6 Å². The molecule has 3 atom stereocenters. The van der Waals surface area contributed by atoms with E-state index in [-0.39, 0.29) is 26.7 Å². The zero-order valence-electron chi connectivity index (χ0n) is 20.5. The van der Waals surface area contributed by atoms with E-state index < -0.39 is 29.4 Å². The Morgan fingerprint density at radius 1 is 1.10 bits per heavy atom. The van der Waals surface area contributed by atoms with Crippen LogP contribution in [-0.2, 0) is 16.6 Å². The van der Waals surface area contributed by atoms with Crippen LogP contribution in [0.4, 0.5) is 24.8 Å². The Balaban J connectivity index is 0.00000267. The summed E-state index contributed by atoms with van der Waals surface area (Å²) in [7, 11) is 0. The number of carbonyl (C=O) groups is 1. The zero-order chi connectivity index (χ0) is 26.8. The van der Waals surface area contributed by atoms with Crippen LogP contribution in [0.25, 0.3) is 10.4 Å². The number of benzene rings is 1. The number of hydrogen-bond acceptors (Lipinski definition) is 7. The summed E-state index contributed by atoms with van der Waals surface area (Å²) < 4.78 is 39.1. The molecule has 1 aliphatic carbocycles. The van der Waals surface area contributed by atoms with Crippen molar-refractivity contribution < 1.29 is 28.2 Å². The molecule has 3 N–H and O–H groups in total. The smallest absolute Gasteiger partial charge is 0.433 e. The van der Waals surface area contributed by atoms with E-state index >= 15 is 0 Å². The van der Waals surface area contributed by atoms with Gasteiger partial charge in [-0.1, -0.05) is 40.2 Å². The van der Waals surface area contributed by atoms with E-state index in [1.54, 1.807) is 25.3 Å². The Morgan fingerprint density at radius 3 is 2.51 bits per heavy atom. The van der Waals surface area contributed by atoms with Gasteiger partial charge in [-0.15, -0.1) is 11.3 Å². The minimum atomic E-state index is -4.58. The number of rotatable bonds is 6. The average molecular weight is 567 g/mol. The highest BCUT2D eigenvalue weighted by Crippen LogP contribution is 2.43. The lowest BCUT2D eigenvalue weighted by Crippen LogP contribution is -2.35. The molecule has 2 aromatic heterocycles. The third-order valence-electron chi connectivity index (χ3n) is 6.82. The quantitative estimate of drug-likeness (QED) is 0.279. The van der Waals surface area contributed by atoms with E-state index in [1.807, 2.05) is 13.0 Å². The van der Waals surface area contributed by atoms with Crippen LogP contribution in [0.2, 0.25) is 0 Å². The van der Waals surface area contributed by atoms with Crippen LogP contribution in [0.15, 0.2) is 36.7 Å². The van der Waals surface area contributed by atoms with Gasteiger partial charge in [-0.25, -0.2) is 15.0 Å². The summed E-state index contributed by atoms with van der Waals surface area (Å²) >= 11 is 1.32. The minimum Gasteiger partial charge on any atom is -0.481 e. The maximum Gasteiger partial charge on any atom is 0.433 e. The van der Waals surface area contributed by atoms with Crippen molar-refractivity contribution in [1.29, 1.82) is 0 Å². The van der Waals surface area contributed by atoms with Gasteiger partial charge in [0.15, 0.2) is 0 Å². The third kappa shape index (κ3) is 7.76. The molecule has 7 nitrogen and oxygen atoms in total. The maximum atomic E-state index is 13.0. The van der Waals surface area contributed by atoms with Gasteiger partial charge in [0.1, 0.15) is 16.3 Å². The van der Waals surface area contributed by atoms with E-state index in [1.165, 1.54) is 11.3 Å². The number of carboxylic acids is 1. The Morgan fingerprint density at radius 2 is 1.82 bits per heavy atom. The molecule has 1 saturated carbocycles. The fourth-order valence-electron chi connectivity index (χ4n) is 4.79. The molecule has 0 bridgehead atoms. The first kappa shape index (κ1) is 32.2. The van der Waals surface area contributed by atoms with Gasteiger partial charge < -0.3 is 15.5 Å². The number of nitrogens with one attached hydrogen (secondary N) is 1. The fourth-order valence-corrected chi connectivity index (χ4v) is 5.82. The molecular formula is C28H37F3N4O3S. The number of alkyl halides is 3. The van der Waals surface area contributed by atoms with Gasteiger partial charge in [0.2, 0.25) is 5.95 Å². The van der Waals surface area contributed by atoms with Gasteiger partial charge in [-0.05, 0) is 68.4 Å². The Hall–Kier alpha value is -3.05. The van der Waals surface area contributed by atoms with Crippen LogP contribution in [-0.4, -0.2) is 31.1 Å². The summed E-state index contributed by atoms with van der Waals surface area (Å²) in [5.74, 6) is -1.72. The second-order valence-corrected chi connectivity index (χ2v) is 10.8. The normalized spacial score (nSPS) is 19.4. The zero-order valence-corrected chi connectivity index (χ0v) is 21.4. The van der Waals surface area contributed by atoms with Crippen molar-refractivity contribution in [3.05, 3.63) is 52.9 Å². The summed E-state index contributed by atoms with van der Waals surface area (Å²) in [6.07, 6.45) is 2.61. The predicted molar refractivity (Wildman–Crippen MR) is 148 cm³/mol. The van der Waals surface area contributed by atoms with Crippen LogP contribution in [0, 0.1) is 18.8 Å². The molecule has 0 aliphatic heterocycles. The number of thiazole rings is 1. The number of aliphatic hydroxyl groups is 1. The maximum absolute atomic E-state index is 13.0. The Kier molecular flexibility index (Phi) is 10.6. The van der Waals surface area contributed by atoms with Crippen molar-refractivity contribution in [1.82, 2.24) is 15.0 Å². The molecule has 1 aliphatic rings. The molecule has 39 heavy (non-hydrogen) atoms. The lowest BCUT2D eigenvalue weighted by atomic mass is 9.76. The number of hydrogen-bond donors (Lipinski definition) is 3. The molecule has 11 heteroatoms. The standard InChI is InChI=1S/C26H29F3N4O3S.2CH4/c1-15-10-17(13-19(11-15)32-24-30-9-8-21(33-24)26(27,28)29)20-14-31-23(37-20)25(2,36)18-7-5-3-4-6-16(12-18)22(34)35;;/h8-11,13-14,16,18,36H,3-7,12H2,1-2H3,(H,34,35)(H,30,32,33);2*1H4. The monoisotopic (exact) mass is 566 g/mol. The van der Waals surface area contributed by atoms with Gasteiger partial charge in [0, 0.05) is 18.1 Å². The predicted octanol–water partition coefficient (Wildman–Crippen LogP) is 7.82. The Bertz CT molecular complexity index is 1260. The van der Waals surface area contributed by atoms with Crippen LogP contribution in [0.5, 0.6) is 0 Å². The molecule has 4 rings (SSSR count). The number of carboxylic acid groups (broad SMARTS) is 1. The highest BCUT2D eigenvalue weighted by Gasteiger charge is 2.39. The number of aliphatic carboxylic acids is 1. The topological polar surface area (TPSA) is 108 Å². The van der Waals surface area contributed by atoms with Gasteiger partial charge >= 0.3 is 12.1 Å². The number of nitrogens with zero attached hydrogens (tertiary/aromatic N) is 3. The molecular weight excluding hydrogens is 529 g/mol. The van der Waals surface area contributed by atoms with E-state index in [9.17, 15) is 28.2 Å². The first-order valence-electron chi connectivity index (χ1n) is 12.1. The second kappa shape index (κ2) is 12.9. The van der Waals surface area contributed by atoms with Gasteiger partial charge in [-0.3, -0.25) is 4.79 Å². The third-order valence-corrected chi connectivity index (χ3v) is 8.09. The number of aryl methyl sites for hydroxylation is 1. The first-order valence-corrected chi connectivity index (χ1v) is 13.0. The number of anilines is 2. The van der Waals surface area contributed by atoms with Crippen molar-refractivity contribution in [2.45, 2.75) is 79.0 Å². The van der Waals surface area contributed by atoms with E-state index in [0.29, 0.717) is 23.5 Å². The van der Waals surface area contributed by atoms with Gasteiger partial charge in [0.05, 0.1) is 10.8 Å².